The maximum Gasteiger partial charge on any atom is 0.262 e. The first-order valence-electron chi connectivity index (χ1n) is 8.05. The SMILES string of the molecule is CCn1c(SCC(=O)N[C@@H](C)c2cccs2)nc2ccccc2c1=O. The molecule has 25 heavy (non-hydrogen) atoms. The van der Waals surface area contributed by atoms with Gasteiger partial charge in [-0.15, -0.1) is 11.3 Å². The van der Waals surface area contributed by atoms with Crippen LogP contribution in [0.15, 0.2) is 51.7 Å². The van der Waals surface area contributed by atoms with Crippen molar-refractivity contribution in [3.63, 3.8) is 0 Å². The average Bonchev–Trinajstić information content (AvgIpc) is 3.15. The Kier molecular flexibility index (Phi) is 5.55. The van der Waals surface area contributed by atoms with Crippen LogP contribution in [0.5, 0.6) is 0 Å². The van der Waals surface area contributed by atoms with Gasteiger partial charge in [0.25, 0.3) is 5.56 Å². The van der Waals surface area contributed by atoms with Crippen LogP contribution in [0.3, 0.4) is 0 Å². The molecule has 130 valence electrons. The van der Waals surface area contributed by atoms with Gasteiger partial charge in [-0.25, -0.2) is 4.98 Å². The van der Waals surface area contributed by atoms with E-state index < -0.39 is 0 Å². The van der Waals surface area contributed by atoms with Crippen LogP contribution in [0.4, 0.5) is 0 Å². The number of carbonyl (C=O) groups is 1. The molecule has 7 heteroatoms. The van der Waals surface area contributed by atoms with Gasteiger partial charge >= 0.3 is 0 Å². The molecular formula is C18H19N3O2S2. The zero-order valence-corrected chi connectivity index (χ0v) is 15.7. The second-order valence-electron chi connectivity index (χ2n) is 5.55. The Morgan fingerprint density at radius 1 is 1.32 bits per heavy atom. The molecule has 2 aromatic heterocycles. The number of para-hydroxylation sites is 1. The van der Waals surface area contributed by atoms with Gasteiger partial charge in [0.1, 0.15) is 0 Å². The molecule has 0 aliphatic carbocycles. The van der Waals surface area contributed by atoms with Crippen molar-refractivity contribution in [1.29, 1.82) is 0 Å². The Morgan fingerprint density at radius 2 is 2.12 bits per heavy atom. The molecule has 1 aromatic carbocycles. The monoisotopic (exact) mass is 373 g/mol. The van der Waals surface area contributed by atoms with E-state index in [0.717, 1.165) is 4.88 Å². The molecule has 0 saturated carbocycles. The second-order valence-corrected chi connectivity index (χ2v) is 7.48. The highest BCUT2D eigenvalue weighted by Gasteiger charge is 2.14. The Bertz CT molecular complexity index is 935. The molecule has 0 spiro atoms. The standard InChI is InChI=1S/C18H19N3O2S2/c1-3-21-17(23)13-7-4-5-8-14(13)20-18(21)25-11-16(22)19-12(2)15-9-6-10-24-15/h4-10,12H,3,11H2,1-2H3,(H,19,22)/t12-/m0/s1. The Labute approximate surface area is 154 Å². The van der Waals surface area contributed by atoms with E-state index in [-0.39, 0.29) is 23.3 Å². The van der Waals surface area contributed by atoms with Crippen LogP contribution in [0.2, 0.25) is 0 Å². The average molecular weight is 374 g/mol. The molecule has 5 nitrogen and oxygen atoms in total. The summed E-state index contributed by atoms with van der Waals surface area (Å²) in [5, 5.41) is 6.14. The molecule has 1 atom stereocenters. The number of amides is 1. The summed E-state index contributed by atoms with van der Waals surface area (Å²) in [6.07, 6.45) is 0. The summed E-state index contributed by atoms with van der Waals surface area (Å²) in [5.74, 6) is 0.150. The number of carbonyl (C=O) groups excluding carboxylic acids is 1. The van der Waals surface area contributed by atoms with E-state index in [2.05, 4.69) is 10.3 Å². The molecule has 0 bridgehead atoms. The minimum absolute atomic E-state index is 0.0222. The summed E-state index contributed by atoms with van der Waals surface area (Å²) in [6.45, 7) is 4.39. The van der Waals surface area contributed by atoms with Crippen molar-refractivity contribution >= 4 is 39.9 Å². The quantitative estimate of drug-likeness (QED) is 0.531. The fraction of sp³-hybridized carbons (Fsp3) is 0.278. The van der Waals surface area contributed by atoms with Crippen molar-refractivity contribution in [1.82, 2.24) is 14.9 Å². The fourth-order valence-electron chi connectivity index (χ4n) is 2.56. The van der Waals surface area contributed by atoms with Gasteiger partial charge in [-0.2, -0.15) is 0 Å². The highest BCUT2D eigenvalue weighted by Crippen LogP contribution is 2.20. The van der Waals surface area contributed by atoms with Gasteiger partial charge in [0.05, 0.1) is 22.7 Å². The van der Waals surface area contributed by atoms with Gasteiger partial charge in [0.15, 0.2) is 5.16 Å². The van der Waals surface area contributed by atoms with Crippen LogP contribution in [0.25, 0.3) is 10.9 Å². The number of rotatable bonds is 6. The zero-order chi connectivity index (χ0) is 17.8. The highest BCUT2D eigenvalue weighted by atomic mass is 32.2. The van der Waals surface area contributed by atoms with E-state index in [4.69, 9.17) is 0 Å². The molecule has 3 rings (SSSR count). The first-order valence-corrected chi connectivity index (χ1v) is 9.91. The molecule has 1 amide bonds. The minimum Gasteiger partial charge on any atom is -0.348 e. The van der Waals surface area contributed by atoms with E-state index in [1.165, 1.54) is 11.8 Å². The first-order chi connectivity index (χ1) is 12.1. The molecule has 2 heterocycles. The number of thioether (sulfide) groups is 1. The summed E-state index contributed by atoms with van der Waals surface area (Å²) in [5.41, 5.74) is 0.593. The number of benzene rings is 1. The number of fused-ring (bicyclic) bond motifs is 1. The van der Waals surface area contributed by atoms with Crippen molar-refractivity contribution in [3.8, 4) is 0 Å². The van der Waals surface area contributed by atoms with Crippen LogP contribution in [0.1, 0.15) is 24.8 Å². The molecule has 1 N–H and O–H groups in total. The lowest BCUT2D eigenvalue weighted by atomic mass is 10.2. The smallest absolute Gasteiger partial charge is 0.262 e. The summed E-state index contributed by atoms with van der Waals surface area (Å²) in [6, 6.07) is 11.2. The summed E-state index contributed by atoms with van der Waals surface area (Å²) < 4.78 is 1.61. The maximum absolute atomic E-state index is 12.6. The number of thiophene rings is 1. The zero-order valence-electron chi connectivity index (χ0n) is 14.1. The van der Waals surface area contributed by atoms with Crippen LogP contribution in [0, 0.1) is 0 Å². The third-order valence-corrected chi connectivity index (χ3v) is 5.85. The predicted molar refractivity (Wildman–Crippen MR) is 103 cm³/mol. The Morgan fingerprint density at radius 3 is 2.84 bits per heavy atom. The molecule has 0 aliphatic heterocycles. The summed E-state index contributed by atoms with van der Waals surface area (Å²) >= 11 is 2.91. The Balaban J connectivity index is 1.74. The number of hydrogen-bond donors (Lipinski definition) is 1. The molecule has 0 fully saturated rings. The fourth-order valence-corrected chi connectivity index (χ4v) is 4.17. The summed E-state index contributed by atoms with van der Waals surface area (Å²) in [7, 11) is 0. The molecule has 3 aromatic rings. The van der Waals surface area contributed by atoms with Gasteiger partial charge in [-0.3, -0.25) is 14.2 Å². The first kappa shape index (κ1) is 17.7. The lowest BCUT2D eigenvalue weighted by Crippen LogP contribution is -2.28. The normalized spacial score (nSPS) is 12.2. The van der Waals surface area contributed by atoms with Crippen molar-refractivity contribution in [2.75, 3.05) is 5.75 Å². The van der Waals surface area contributed by atoms with E-state index >= 15 is 0 Å². The van der Waals surface area contributed by atoms with E-state index in [0.29, 0.717) is 22.6 Å². The van der Waals surface area contributed by atoms with Gasteiger partial charge in [0.2, 0.25) is 5.91 Å². The van der Waals surface area contributed by atoms with Crippen molar-refractivity contribution < 1.29 is 4.79 Å². The lowest BCUT2D eigenvalue weighted by molar-refractivity contribution is -0.119. The van der Waals surface area contributed by atoms with E-state index in [1.807, 2.05) is 49.6 Å². The van der Waals surface area contributed by atoms with Crippen molar-refractivity contribution in [3.05, 3.63) is 57.0 Å². The minimum atomic E-state index is -0.0732. The third-order valence-electron chi connectivity index (χ3n) is 3.82. The van der Waals surface area contributed by atoms with Gasteiger partial charge < -0.3 is 5.32 Å². The number of nitrogens with zero attached hydrogens (tertiary/aromatic N) is 2. The van der Waals surface area contributed by atoms with E-state index in [9.17, 15) is 9.59 Å². The molecular weight excluding hydrogens is 354 g/mol. The molecule has 0 aliphatic rings. The largest absolute Gasteiger partial charge is 0.348 e. The maximum atomic E-state index is 12.6. The summed E-state index contributed by atoms with van der Waals surface area (Å²) in [4.78, 5) is 30.5. The second kappa shape index (κ2) is 7.84. The predicted octanol–water partition coefficient (Wildman–Crippen LogP) is 3.45. The number of nitrogens with one attached hydrogen (secondary N) is 1. The number of hydrogen-bond acceptors (Lipinski definition) is 5. The highest BCUT2D eigenvalue weighted by molar-refractivity contribution is 7.99. The van der Waals surface area contributed by atoms with Crippen molar-refractivity contribution in [2.45, 2.75) is 31.6 Å². The Hall–Kier alpha value is -2.12. The van der Waals surface area contributed by atoms with Gasteiger partial charge in [-0.05, 0) is 37.4 Å². The van der Waals surface area contributed by atoms with Crippen molar-refractivity contribution in [2.24, 2.45) is 0 Å². The van der Waals surface area contributed by atoms with Crippen LogP contribution >= 0.6 is 23.1 Å². The van der Waals surface area contributed by atoms with E-state index in [1.54, 1.807) is 22.0 Å². The third kappa shape index (κ3) is 3.93. The number of aromatic nitrogens is 2. The van der Waals surface area contributed by atoms with Gasteiger partial charge in [-0.1, -0.05) is 30.0 Å². The molecule has 0 unspecified atom stereocenters. The topological polar surface area (TPSA) is 64.0 Å². The van der Waals surface area contributed by atoms with Crippen LogP contribution < -0.4 is 10.9 Å². The lowest BCUT2D eigenvalue weighted by Gasteiger charge is -2.13. The van der Waals surface area contributed by atoms with Crippen LogP contribution in [-0.2, 0) is 11.3 Å². The van der Waals surface area contributed by atoms with Gasteiger partial charge in [0, 0.05) is 11.4 Å². The van der Waals surface area contributed by atoms with Crippen LogP contribution in [-0.4, -0.2) is 21.2 Å². The molecule has 0 radical (unpaired) electrons. The molecule has 0 saturated heterocycles.